The van der Waals surface area contributed by atoms with E-state index in [0.29, 0.717) is 11.4 Å². The monoisotopic (exact) mass is 226 g/mol. The molecule has 15 heavy (non-hydrogen) atoms. The topological polar surface area (TPSA) is 55.1 Å². The molecule has 1 rings (SSSR count). The first-order valence-electron chi connectivity index (χ1n) is 4.80. The summed E-state index contributed by atoms with van der Waals surface area (Å²) in [6.45, 7) is 3.83. The lowest BCUT2D eigenvalue weighted by Gasteiger charge is -2.15. The van der Waals surface area contributed by atoms with Gasteiger partial charge in [-0.3, -0.25) is 4.79 Å². The Hall–Kier alpha value is -1.22. The number of carbonyl (C=O) groups is 1. The van der Waals surface area contributed by atoms with Gasteiger partial charge in [0.1, 0.15) is 0 Å². The van der Waals surface area contributed by atoms with Gasteiger partial charge in [0.2, 0.25) is 5.91 Å². The molecule has 0 aliphatic carbocycles. The molecule has 1 amide bonds. The Labute approximate surface area is 94.6 Å². The van der Waals surface area contributed by atoms with E-state index >= 15 is 0 Å². The third-order valence-corrected chi connectivity index (χ3v) is 2.60. The number of halogens is 1. The lowest BCUT2D eigenvalue weighted by Crippen LogP contribution is -2.24. The number of aryl methyl sites for hydroxylation is 1. The normalized spacial score (nSPS) is 12.2. The largest absolute Gasteiger partial charge is 0.381 e. The van der Waals surface area contributed by atoms with Crippen LogP contribution in [0.5, 0.6) is 0 Å². The first-order chi connectivity index (χ1) is 7.00. The van der Waals surface area contributed by atoms with E-state index in [-0.39, 0.29) is 11.9 Å². The van der Waals surface area contributed by atoms with Crippen molar-refractivity contribution >= 4 is 23.2 Å². The third kappa shape index (κ3) is 3.44. The summed E-state index contributed by atoms with van der Waals surface area (Å²) in [7, 11) is 0. The van der Waals surface area contributed by atoms with Gasteiger partial charge in [0, 0.05) is 12.5 Å². The van der Waals surface area contributed by atoms with E-state index in [2.05, 4.69) is 5.32 Å². The number of hydrogen-bond acceptors (Lipinski definition) is 2. The van der Waals surface area contributed by atoms with Crippen LogP contribution in [-0.4, -0.2) is 11.9 Å². The molecule has 0 saturated carbocycles. The maximum absolute atomic E-state index is 10.7. The molecule has 0 heterocycles. The van der Waals surface area contributed by atoms with Crippen LogP contribution in [-0.2, 0) is 4.79 Å². The summed E-state index contributed by atoms with van der Waals surface area (Å²) < 4.78 is 0. The Morgan fingerprint density at radius 3 is 2.87 bits per heavy atom. The van der Waals surface area contributed by atoms with Crippen LogP contribution in [0.25, 0.3) is 0 Å². The molecule has 0 aliphatic heterocycles. The van der Waals surface area contributed by atoms with E-state index in [1.165, 1.54) is 0 Å². The molecule has 4 heteroatoms. The Kier molecular flexibility index (Phi) is 3.97. The van der Waals surface area contributed by atoms with Gasteiger partial charge < -0.3 is 11.1 Å². The SMILES string of the molecule is Cc1cccc(NC(C)CC(N)=O)c1Cl. The molecule has 0 bridgehead atoms. The van der Waals surface area contributed by atoms with Gasteiger partial charge in [0.25, 0.3) is 0 Å². The molecule has 0 spiro atoms. The number of amides is 1. The fourth-order valence-corrected chi connectivity index (χ4v) is 1.56. The van der Waals surface area contributed by atoms with Crippen molar-refractivity contribution in [2.45, 2.75) is 26.3 Å². The summed E-state index contributed by atoms with van der Waals surface area (Å²) in [6, 6.07) is 5.72. The average molecular weight is 227 g/mol. The number of nitrogens with one attached hydrogen (secondary N) is 1. The van der Waals surface area contributed by atoms with Gasteiger partial charge in [-0.2, -0.15) is 0 Å². The van der Waals surface area contributed by atoms with Crippen LogP contribution in [0.1, 0.15) is 18.9 Å². The van der Waals surface area contributed by atoms with Gasteiger partial charge in [-0.05, 0) is 25.5 Å². The second-order valence-electron chi connectivity index (χ2n) is 3.65. The second kappa shape index (κ2) is 5.03. The zero-order valence-electron chi connectivity index (χ0n) is 8.88. The highest BCUT2D eigenvalue weighted by atomic mass is 35.5. The summed E-state index contributed by atoms with van der Waals surface area (Å²) in [5.74, 6) is -0.321. The van der Waals surface area contributed by atoms with Crippen LogP contribution in [0.2, 0.25) is 5.02 Å². The fraction of sp³-hybridized carbons (Fsp3) is 0.364. The molecular weight excluding hydrogens is 212 g/mol. The number of benzene rings is 1. The van der Waals surface area contributed by atoms with Crippen molar-refractivity contribution in [1.82, 2.24) is 0 Å². The maximum atomic E-state index is 10.7. The highest BCUT2D eigenvalue weighted by molar-refractivity contribution is 6.34. The predicted octanol–water partition coefficient (Wildman–Crippen LogP) is 2.32. The van der Waals surface area contributed by atoms with Gasteiger partial charge in [-0.25, -0.2) is 0 Å². The number of carbonyl (C=O) groups excluding carboxylic acids is 1. The zero-order valence-corrected chi connectivity index (χ0v) is 9.64. The molecule has 1 aromatic carbocycles. The minimum atomic E-state index is -0.321. The highest BCUT2D eigenvalue weighted by Gasteiger charge is 2.08. The minimum absolute atomic E-state index is 0.0122. The molecule has 1 unspecified atom stereocenters. The zero-order chi connectivity index (χ0) is 11.4. The van der Waals surface area contributed by atoms with Crippen LogP contribution in [0, 0.1) is 6.92 Å². The van der Waals surface area contributed by atoms with E-state index in [9.17, 15) is 4.79 Å². The van der Waals surface area contributed by atoms with Crippen LogP contribution >= 0.6 is 11.6 Å². The Balaban J connectivity index is 2.72. The van der Waals surface area contributed by atoms with E-state index in [4.69, 9.17) is 17.3 Å². The fourth-order valence-electron chi connectivity index (χ4n) is 1.38. The number of hydrogen-bond donors (Lipinski definition) is 2. The molecule has 82 valence electrons. The van der Waals surface area contributed by atoms with Crippen LogP contribution in [0.4, 0.5) is 5.69 Å². The number of anilines is 1. The van der Waals surface area contributed by atoms with E-state index in [1.54, 1.807) is 0 Å². The molecule has 3 N–H and O–H groups in total. The lowest BCUT2D eigenvalue weighted by molar-refractivity contribution is -0.118. The minimum Gasteiger partial charge on any atom is -0.381 e. The quantitative estimate of drug-likeness (QED) is 0.828. The number of primary amides is 1. The van der Waals surface area contributed by atoms with Crippen LogP contribution < -0.4 is 11.1 Å². The summed E-state index contributed by atoms with van der Waals surface area (Å²) in [5, 5.41) is 3.84. The Morgan fingerprint density at radius 1 is 1.60 bits per heavy atom. The van der Waals surface area contributed by atoms with Gasteiger partial charge in [0.15, 0.2) is 0 Å². The first kappa shape index (κ1) is 11.9. The van der Waals surface area contributed by atoms with Gasteiger partial charge in [0.05, 0.1) is 10.7 Å². The van der Waals surface area contributed by atoms with Crippen molar-refractivity contribution < 1.29 is 4.79 Å². The smallest absolute Gasteiger partial charge is 0.219 e. The van der Waals surface area contributed by atoms with Crippen molar-refractivity contribution in [2.75, 3.05) is 5.32 Å². The Bertz CT molecular complexity index is 366. The Morgan fingerprint density at radius 2 is 2.27 bits per heavy atom. The highest BCUT2D eigenvalue weighted by Crippen LogP contribution is 2.25. The molecule has 0 aromatic heterocycles. The van der Waals surface area contributed by atoms with Crippen LogP contribution in [0.3, 0.4) is 0 Å². The number of nitrogens with two attached hydrogens (primary N) is 1. The lowest BCUT2D eigenvalue weighted by atomic mass is 10.2. The molecular formula is C11H15ClN2O. The summed E-state index contributed by atoms with van der Waals surface area (Å²) in [4.78, 5) is 10.7. The molecule has 0 radical (unpaired) electrons. The van der Waals surface area contributed by atoms with Crippen molar-refractivity contribution in [3.63, 3.8) is 0 Å². The van der Waals surface area contributed by atoms with Gasteiger partial charge in [-0.1, -0.05) is 23.7 Å². The van der Waals surface area contributed by atoms with E-state index in [1.807, 2.05) is 32.0 Å². The molecule has 0 aliphatic rings. The van der Waals surface area contributed by atoms with Crippen molar-refractivity contribution in [3.05, 3.63) is 28.8 Å². The summed E-state index contributed by atoms with van der Waals surface area (Å²) in [6.07, 6.45) is 0.296. The molecule has 3 nitrogen and oxygen atoms in total. The molecule has 1 aromatic rings. The number of rotatable bonds is 4. The van der Waals surface area contributed by atoms with Crippen molar-refractivity contribution in [3.8, 4) is 0 Å². The second-order valence-corrected chi connectivity index (χ2v) is 4.03. The van der Waals surface area contributed by atoms with Crippen LogP contribution in [0.15, 0.2) is 18.2 Å². The molecule has 1 atom stereocenters. The van der Waals surface area contributed by atoms with E-state index in [0.717, 1.165) is 11.3 Å². The summed E-state index contributed by atoms with van der Waals surface area (Å²) in [5.41, 5.74) is 6.95. The standard InChI is InChI=1S/C11H15ClN2O/c1-7-4-3-5-9(11(7)12)14-8(2)6-10(13)15/h3-5,8,14H,6H2,1-2H3,(H2,13,15). The summed E-state index contributed by atoms with van der Waals surface area (Å²) >= 11 is 6.10. The average Bonchev–Trinajstić information content (AvgIpc) is 2.11. The van der Waals surface area contributed by atoms with Gasteiger partial charge >= 0.3 is 0 Å². The van der Waals surface area contributed by atoms with Crippen molar-refractivity contribution in [1.29, 1.82) is 0 Å². The van der Waals surface area contributed by atoms with Crippen molar-refractivity contribution in [2.24, 2.45) is 5.73 Å². The van der Waals surface area contributed by atoms with Gasteiger partial charge in [-0.15, -0.1) is 0 Å². The third-order valence-electron chi connectivity index (χ3n) is 2.10. The van der Waals surface area contributed by atoms with E-state index < -0.39 is 0 Å². The molecule has 0 saturated heterocycles. The predicted molar refractivity (Wildman–Crippen MR) is 63.1 cm³/mol. The molecule has 0 fully saturated rings. The first-order valence-corrected chi connectivity index (χ1v) is 5.18. The maximum Gasteiger partial charge on any atom is 0.219 e.